The van der Waals surface area contributed by atoms with Gasteiger partial charge in [-0.3, -0.25) is 14.6 Å². The molecule has 126 valence electrons. The number of amides is 2. The summed E-state index contributed by atoms with van der Waals surface area (Å²) in [6, 6.07) is 0. The zero-order valence-corrected chi connectivity index (χ0v) is 12.8. The van der Waals surface area contributed by atoms with Crippen molar-refractivity contribution in [2.24, 2.45) is 5.73 Å². The molecule has 1 aliphatic heterocycles. The maximum Gasteiger partial charge on any atom is 0.271 e. The first-order chi connectivity index (χ1) is 11.0. The first kappa shape index (κ1) is 17.3. The molecule has 4 N–H and O–H groups in total. The predicted molar refractivity (Wildman–Crippen MR) is 80.4 cm³/mol. The highest BCUT2D eigenvalue weighted by Gasteiger charge is 2.34. The minimum absolute atomic E-state index is 0.0279. The summed E-state index contributed by atoms with van der Waals surface area (Å²) in [6.07, 6.45) is 4.41. The molecule has 1 fully saturated rings. The lowest BCUT2D eigenvalue weighted by molar-refractivity contribution is -0.133. The van der Waals surface area contributed by atoms with E-state index in [4.69, 9.17) is 10.5 Å². The van der Waals surface area contributed by atoms with Crippen LogP contribution in [0.4, 0.5) is 0 Å². The van der Waals surface area contributed by atoms with Gasteiger partial charge in [-0.15, -0.1) is 0 Å². The van der Waals surface area contributed by atoms with Crippen molar-refractivity contribution in [3.05, 3.63) is 24.3 Å². The van der Waals surface area contributed by atoms with Crippen LogP contribution in [0.25, 0.3) is 0 Å². The highest BCUT2D eigenvalue weighted by Crippen LogP contribution is 2.13. The Labute approximate surface area is 133 Å². The van der Waals surface area contributed by atoms with E-state index in [1.807, 2.05) is 0 Å². The SMILES string of the molecule is NCCC(=O)N1CCOCC(O)(CNC(=O)c2cnccn2)C1. The van der Waals surface area contributed by atoms with Gasteiger partial charge in [0.1, 0.15) is 11.3 Å². The Bertz CT molecular complexity index is 541. The van der Waals surface area contributed by atoms with Gasteiger partial charge in [0, 0.05) is 31.9 Å². The molecule has 2 amide bonds. The number of carbonyl (C=O) groups is 2. The predicted octanol–water partition coefficient (Wildman–Crippen LogP) is -1.85. The molecule has 0 aromatic carbocycles. The van der Waals surface area contributed by atoms with Gasteiger partial charge in [0.15, 0.2) is 0 Å². The second-order valence-electron chi connectivity index (χ2n) is 5.40. The fourth-order valence-corrected chi connectivity index (χ4v) is 2.27. The highest BCUT2D eigenvalue weighted by atomic mass is 16.5. The molecule has 0 aliphatic carbocycles. The van der Waals surface area contributed by atoms with E-state index in [2.05, 4.69) is 15.3 Å². The number of aromatic nitrogens is 2. The lowest BCUT2D eigenvalue weighted by Gasteiger charge is -2.30. The molecular formula is C14H21N5O4. The molecular weight excluding hydrogens is 302 g/mol. The second kappa shape index (κ2) is 7.95. The van der Waals surface area contributed by atoms with Crippen LogP contribution >= 0.6 is 0 Å². The third-order valence-electron chi connectivity index (χ3n) is 3.45. The molecule has 9 nitrogen and oxygen atoms in total. The van der Waals surface area contributed by atoms with Crippen LogP contribution in [0.3, 0.4) is 0 Å². The molecule has 0 spiro atoms. The van der Waals surface area contributed by atoms with Crippen molar-refractivity contribution >= 4 is 11.8 Å². The van der Waals surface area contributed by atoms with Gasteiger partial charge in [0.05, 0.1) is 32.5 Å². The summed E-state index contributed by atoms with van der Waals surface area (Å²) in [5.41, 5.74) is 4.19. The number of ether oxygens (including phenoxy) is 1. The van der Waals surface area contributed by atoms with Crippen molar-refractivity contribution in [1.82, 2.24) is 20.2 Å². The summed E-state index contributed by atoms with van der Waals surface area (Å²) < 4.78 is 5.35. The smallest absolute Gasteiger partial charge is 0.271 e. The van der Waals surface area contributed by atoms with Gasteiger partial charge in [0.2, 0.25) is 5.91 Å². The minimum atomic E-state index is -1.36. The number of aliphatic hydroxyl groups is 1. The third-order valence-corrected chi connectivity index (χ3v) is 3.45. The van der Waals surface area contributed by atoms with Crippen LogP contribution in [0.5, 0.6) is 0 Å². The van der Waals surface area contributed by atoms with E-state index in [1.54, 1.807) is 0 Å². The summed E-state index contributed by atoms with van der Waals surface area (Å²) in [5, 5.41) is 13.2. The van der Waals surface area contributed by atoms with Crippen LogP contribution in [0.2, 0.25) is 0 Å². The van der Waals surface area contributed by atoms with Gasteiger partial charge in [-0.1, -0.05) is 0 Å². The first-order valence-electron chi connectivity index (χ1n) is 7.36. The molecule has 1 unspecified atom stereocenters. The van der Waals surface area contributed by atoms with Crippen LogP contribution in [0, 0.1) is 0 Å². The van der Waals surface area contributed by atoms with Crippen LogP contribution in [-0.2, 0) is 9.53 Å². The topological polar surface area (TPSA) is 131 Å². The number of nitrogens with zero attached hydrogens (tertiary/aromatic N) is 3. The molecule has 0 radical (unpaired) electrons. The Morgan fingerprint density at radius 1 is 1.48 bits per heavy atom. The van der Waals surface area contributed by atoms with Crippen LogP contribution in [0.15, 0.2) is 18.6 Å². The number of nitrogens with two attached hydrogens (primary N) is 1. The van der Waals surface area contributed by atoms with Crippen molar-refractivity contribution < 1.29 is 19.4 Å². The molecule has 1 aromatic heterocycles. The monoisotopic (exact) mass is 323 g/mol. The fourth-order valence-electron chi connectivity index (χ4n) is 2.27. The van der Waals surface area contributed by atoms with E-state index in [9.17, 15) is 14.7 Å². The number of carbonyl (C=O) groups excluding carboxylic acids is 2. The van der Waals surface area contributed by atoms with Gasteiger partial charge in [-0.05, 0) is 0 Å². The zero-order valence-electron chi connectivity index (χ0n) is 12.8. The van der Waals surface area contributed by atoms with Gasteiger partial charge < -0.3 is 25.8 Å². The molecule has 1 aliphatic rings. The van der Waals surface area contributed by atoms with Crippen molar-refractivity contribution in [2.45, 2.75) is 12.0 Å². The molecule has 1 aromatic rings. The molecule has 1 atom stereocenters. The van der Waals surface area contributed by atoms with Gasteiger partial charge in [0.25, 0.3) is 5.91 Å². The van der Waals surface area contributed by atoms with Crippen LogP contribution in [-0.4, -0.2) is 76.8 Å². The van der Waals surface area contributed by atoms with Gasteiger partial charge in [-0.2, -0.15) is 0 Å². The van der Waals surface area contributed by atoms with Crippen LogP contribution in [0.1, 0.15) is 16.9 Å². The average molecular weight is 323 g/mol. The summed E-state index contributed by atoms with van der Waals surface area (Å²) in [5.74, 6) is -0.590. The molecule has 0 bridgehead atoms. The molecule has 2 heterocycles. The Morgan fingerprint density at radius 3 is 3.00 bits per heavy atom. The second-order valence-corrected chi connectivity index (χ2v) is 5.40. The highest BCUT2D eigenvalue weighted by molar-refractivity contribution is 5.91. The summed E-state index contributed by atoms with van der Waals surface area (Å²) in [6.45, 7) is 1.01. The quantitative estimate of drug-likeness (QED) is 0.579. The Balaban J connectivity index is 1.96. The Kier molecular flexibility index (Phi) is 5.97. The average Bonchev–Trinajstić information content (AvgIpc) is 2.76. The number of hydrogen-bond acceptors (Lipinski definition) is 7. The maximum absolute atomic E-state index is 12.0. The normalized spacial score (nSPS) is 21.6. The van der Waals surface area contributed by atoms with Gasteiger partial charge >= 0.3 is 0 Å². The van der Waals surface area contributed by atoms with Crippen molar-refractivity contribution in [3.63, 3.8) is 0 Å². The van der Waals surface area contributed by atoms with E-state index in [0.717, 1.165) is 0 Å². The minimum Gasteiger partial charge on any atom is -0.384 e. The lowest BCUT2D eigenvalue weighted by Crippen LogP contribution is -2.53. The fraction of sp³-hybridized carbons (Fsp3) is 0.571. The first-order valence-corrected chi connectivity index (χ1v) is 7.36. The van der Waals surface area contributed by atoms with Crippen LogP contribution < -0.4 is 11.1 Å². The molecule has 0 saturated carbocycles. The summed E-state index contributed by atoms with van der Waals surface area (Å²) in [7, 11) is 0. The van der Waals surface area contributed by atoms with E-state index >= 15 is 0 Å². The van der Waals surface area contributed by atoms with E-state index in [-0.39, 0.29) is 44.3 Å². The third kappa shape index (κ3) is 4.95. The Morgan fingerprint density at radius 2 is 2.30 bits per heavy atom. The lowest BCUT2D eigenvalue weighted by atomic mass is 10.0. The van der Waals surface area contributed by atoms with Crippen molar-refractivity contribution in [2.75, 3.05) is 39.4 Å². The zero-order chi connectivity index (χ0) is 16.7. The largest absolute Gasteiger partial charge is 0.384 e. The molecule has 9 heteroatoms. The summed E-state index contributed by atoms with van der Waals surface area (Å²) in [4.78, 5) is 33.1. The van der Waals surface area contributed by atoms with E-state index < -0.39 is 11.5 Å². The summed E-state index contributed by atoms with van der Waals surface area (Å²) >= 11 is 0. The Hall–Kier alpha value is -2.10. The number of rotatable bonds is 5. The molecule has 1 saturated heterocycles. The van der Waals surface area contributed by atoms with E-state index in [1.165, 1.54) is 23.5 Å². The standard InChI is InChI=1S/C14H21N5O4/c15-2-1-12(20)19-5-6-23-10-14(22,9-19)8-18-13(21)11-7-16-3-4-17-11/h3-4,7,22H,1-2,5-6,8-10,15H2,(H,18,21). The number of nitrogens with one attached hydrogen (secondary N) is 1. The number of β-amino-alcohol motifs (C(OH)–C–C–N with tert-alkyl or cyclic N) is 1. The van der Waals surface area contributed by atoms with Crippen molar-refractivity contribution in [1.29, 1.82) is 0 Å². The van der Waals surface area contributed by atoms with Gasteiger partial charge in [-0.25, -0.2) is 4.98 Å². The molecule has 23 heavy (non-hydrogen) atoms. The van der Waals surface area contributed by atoms with Crippen molar-refractivity contribution in [3.8, 4) is 0 Å². The molecule has 2 rings (SSSR count). The number of hydrogen-bond donors (Lipinski definition) is 3. The van der Waals surface area contributed by atoms with E-state index in [0.29, 0.717) is 13.2 Å². The maximum atomic E-state index is 12.0.